The zero-order valence-corrected chi connectivity index (χ0v) is 18.6. The zero-order chi connectivity index (χ0) is 19.4. The lowest BCUT2D eigenvalue weighted by Gasteiger charge is -2.62. The maximum atomic E-state index is 7.61. The number of hydrogen-bond donors (Lipinski definition) is 0. The van der Waals surface area contributed by atoms with Gasteiger partial charge in [0.05, 0.1) is 0 Å². The second kappa shape index (κ2) is 5.33. The van der Waals surface area contributed by atoms with Gasteiger partial charge in [0.1, 0.15) is 11.2 Å². The Morgan fingerprint density at radius 3 is 1.81 bits per heavy atom. The summed E-state index contributed by atoms with van der Waals surface area (Å²) in [4.78, 5) is 0. The van der Waals surface area contributed by atoms with Crippen molar-refractivity contribution >= 4 is 11.6 Å². The van der Waals surface area contributed by atoms with Crippen LogP contribution in [0.25, 0.3) is 0 Å². The fourth-order valence-electron chi connectivity index (χ4n) is 8.24. The molecule has 1 aromatic rings. The first kappa shape index (κ1) is 18.5. The molecule has 1 spiro atoms. The third-order valence-electron chi connectivity index (χ3n) is 8.57. The minimum absolute atomic E-state index is 0.00595. The van der Waals surface area contributed by atoms with E-state index in [-0.39, 0.29) is 22.0 Å². The molecular formula is C25H35ClO. The van der Waals surface area contributed by atoms with Crippen molar-refractivity contribution in [2.45, 2.75) is 84.8 Å². The molecule has 0 saturated heterocycles. The van der Waals surface area contributed by atoms with Gasteiger partial charge in [0.25, 0.3) is 0 Å². The van der Waals surface area contributed by atoms with Gasteiger partial charge < -0.3 is 4.74 Å². The van der Waals surface area contributed by atoms with Crippen molar-refractivity contribution in [2.24, 2.45) is 34.5 Å². The van der Waals surface area contributed by atoms with Crippen LogP contribution in [0.4, 0.5) is 0 Å². The lowest BCUT2D eigenvalue weighted by atomic mass is 9.48. The van der Waals surface area contributed by atoms with Crippen molar-refractivity contribution in [2.75, 3.05) is 0 Å². The number of benzene rings is 1. The van der Waals surface area contributed by atoms with Crippen molar-refractivity contribution in [3.05, 3.63) is 34.3 Å². The van der Waals surface area contributed by atoms with Gasteiger partial charge in [0.2, 0.25) is 0 Å². The highest BCUT2D eigenvalue weighted by Crippen LogP contribution is 2.72. The third kappa shape index (κ3) is 2.17. The minimum Gasteiger partial charge on any atom is -0.357 e. The Labute approximate surface area is 170 Å². The molecule has 1 nitrogen and oxygen atoms in total. The number of rotatable bonds is 0. The van der Waals surface area contributed by atoms with E-state index < -0.39 is 0 Å². The summed E-state index contributed by atoms with van der Waals surface area (Å²) in [7, 11) is 0. The van der Waals surface area contributed by atoms with E-state index in [1.807, 2.05) is 0 Å². The van der Waals surface area contributed by atoms with E-state index in [0.717, 1.165) is 16.9 Å². The largest absolute Gasteiger partial charge is 0.357 e. The number of fused-ring (bicyclic) bond motifs is 1. The van der Waals surface area contributed by atoms with Crippen molar-refractivity contribution in [3.63, 3.8) is 0 Å². The fourth-order valence-corrected chi connectivity index (χ4v) is 8.41. The molecule has 0 radical (unpaired) electrons. The van der Waals surface area contributed by atoms with Crippen molar-refractivity contribution in [1.29, 1.82) is 0 Å². The Morgan fingerprint density at radius 2 is 1.33 bits per heavy atom. The molecular weight excluding hydrogens is 352 g/mol. The van der Waals surface area contributed by atoms with E-state index in [4.69, 9.17) is 16.3 Å². The first-order valence-electron chi connectivity index (χ1n) is 11.0. The van der Waals surface area contributed by atoms with E-state index in [2.05, 4.69) is 59.7 Å². The van der Waals surface area contributed by atoms with Crippen LogP contribution in [0.5, 0.6) is 0 Å². The molecule has 1 aliphatic heterocycles. The Morgan fingerprint density at radius 1 is 0.815 bits per heavy atom. The predicted molar refractivity (Wildman–Crippen MR) is 112 cm³/mol. The molecule has 0 N–H and O–H groups in total. The van der Waals surface area contributed by atoms with E-state index in [9.17, 15) is 0 Å². The summed E-state index contributed by atoms with van der Waals surface area (Å²) in [6, 6.07) is 6.66. The number of halogens is 1. The lowest BCUT2D eigenvalue weighted by molar-refractivity contribution is -0.301. The van der Waals surface area contributed by atoms with Gasteiger partial charge in [-0.1, -0.05) is 59.2 Å². The van der Waals surface area contributed by atoms with Gasteiger partial charge in [-0.2, -0.15) is 0 Å². The van der Waals surface area contributed by atoms with E-state index in [1.165, 1.54) is 43.2 Å². The summed E-state index contributed by atoms with van der Waals surface area (Å²) in [6.45, 7) is 14.2. The summed E-state index contributed by atoms with van der Waals surface area (Å²) >= 11 is 6.59. The molecule has 5 aliphatic rings. The first-order valence-corrected chi connectivity index (χ1v) is 11.4. The second-order valence-corrected chi connectivity index (χ2v) is 12.5. The first-order chi connectivity index (χ1) is 12.5. The smallest absolute Gasteiger partial charge is 0.104 e. The summed E-state index contributed by atoms with van der Waals surface area (Å²) in [5, 5.41) is 0.865. The molecule has 4 fully saturated rings. The zero-order valence-electron chi connectivity index (χ0n) is 17.9. The normalized spacial score (nSPS) is 39.2. The third-order valence-corrected chi connectivity index (χ3v) is 8.80. The van der Waals surface area contributed by atoms with Crippen molar-refractivity contribution < 1.29 is 4.74 Å². The van der Waals surface area contributed by atoms with Gasteiger partial charge in [-0.25, -0.2) is 0 Å². The Hall–Kier alpha value is -0.530. The molecule has 4 aliphatic carbocycles. The standard InChI is InChI=1S/C25H35ClO/c1-22(2,3)25(23(4,5)6)20-8-7-19(26)14-21(20)24(27-25)17-10-15-9-16(12-17)13-18(24)11-15/h7-8,14-18H,9-13H2,1-6H3. The molecule has 2 heteroatoms. The highest BCUT2D eigenvalue weighted by Gasteiger charge is 2.70. The molecule has 27 heavy (non-hydrogen) atoms. The van der Waals surface area contributed by atoms with Gasteiger partial charge in [-0.05, 0) is 89.9 Å². The fraction of sp³-hybridized carbons (Fsp3) is 0.760. The summed E-state index contributed by atoms with van der Waals surface area (Å²) in [5.74, 6) is 3.20. The Kier molecular flexibility index (Phi) is 3.65. The SMILES string of the molecule is CC(C)(C)C1(C(C)(C)C)OC2(c3cc(Cl)ccc31)C1CC3CC(C1)CC2C3. The summed E-state index contributed by atoms with van der Waals surface area (Å²) in [6.07, 6.45) is 6.87. The number of ether oxygens (including phenoxy) is 1. The Bertz CT molecular complexity index is 736. The maximum absolute atomic E-state index is 7.61. The molecule has 4 saturated carbocycles. The average molecular weight is 387 g/mol. The van der Waals surface area contributed by atoms with Crippen LogP contribution in [-0.4, -0.2) is 0 Å². The Balaban J connectivity index is 1.79. The predicted octanol–water partition coefficient (Wildman–Crippen LogP) is 7.31. The quantitative estimate of drug-likeness (QED) is 0.454. The summed E-state index contributed by atoms with van der Waals surface area (Å²) in [5.41, 5.74) is 2.45. The molecule has 0 unspecified atom stereocenters. The van der Waals surface area contributed by atoms with E-state index in [0.29, 0.717) is 11.8 Å². The highest BCUT2D eigenvalue weighted by molar-refractivity contribution is 6.30. The monoisotopic (exact) mass is 386 g/mol. The maximum Gasteiger partial charge on any atom is 0.104 e. The molecule has 148 valence electrons. The van der Waals surface area contributed by atoms with Crippen LogP contribution in [0.15, 0.2) is 18.2 Å². The molecule has 0 atom stereocenters. The molecule has 6 rings (SSSR count). The minimum atomic E-state index is -0.296. The van der Waals surface area contributed by atoms with Crippen molar-refractivity contribution in [1.82, 2.24) is 0 Å². The van der Waals surface area contributed by atoms with Gasteiger partial charge in [0, 0.05) is 5.02 Å². The lowest BCUT2D eigenvalue weighted by Crippen LogP contribution is -2.59. The molecule has 1 heterocycles. The second-order valence-electron chi connectivity index (χ2n) is 12.1. The van der Waals surface area contributed by atoms with Crippen LogP contribution in [-0.2, 0) is 15.9 Å². The van der Waals surface area contributed by atoms with Gasteiger partial charge >= 0.3 is 0 Å². The molecule has 0 aromatic heterocycles. The summed E-state index contributed by atoms with van der Waals surface area (Å²) < 4.78 is 7.61. The van der Waals surface area contributed by atoms with Gasteiger partial charge in [0.15, 0.2) is 0 Å². The molecule has 0 amide bonds. The van der Waals surface area contributed by atoms with E-state index in [1.54, 1.807) is 0 Å². The average Bonchev–Trinajstić information content (AvgIpc) is 2.84. The van der Waals surface area contributed by atoms with Crippen LogP contribution in [0.3, 0.4) is 0 Å². The van der Waals surface area contributed by atoms with Crippen LogP contribution >= 0.6 is 11.6 Å². The van der Waals surface area contributed by atoms with Crippen LogP contribution in [0, 0.1) is 34.5 Å². The number of hydrogen-bond acceptors (Lipinski definition) is 1. The van der Waals surface area contributed by atoms with E-state index >= 15 is 0 Å². The van der Waals surface area contributed by atoms with Gasteiger partial charge in [-0.3, -0.25) is 0 Å². The van der Waals surface area contributed by atoms with Crippen LogP contribution < -0.4 is 0 Å². The highest BCUT2D eigenvalue weighted by atomic mass is 35.5. The van der Waals surface area contributed by atoms with Gasteiger partial charge in [-0.15, -0.1) is 0 Å². The molecule has 1 aromatic carbocycles. The topological polar surface area (TPSA) is 9.23 Å². The van der Waals surface area contributed by atoms with Crippen molar-refractivity contribution in [3.8, 4) is 0 Å². The van der Waals surface area contributed by atoms with Crippen LogP contribution in [0.2, 0.25) is 5.02 Å². The molecule has 4 bridgehead atoms. The van der Waals surface area contributed by atoms with Crippen LogP contribution in [0.1, 0.15) is 84.8 Å².